The highest BCUT2D eigenvalue weighted by molar-refractivity contribution is 6.05. The van der Waals surface area contributed by atoms with Crippen molar-refractivity contribution in [3.8, 4) is 0 Å². The highest BCUT2D eigenvalue weighted by atomic mass is 16.1. The van der Waals surface area contributed by atoms with Gasteiger partial charge in [0, 0.05) is 12.7 Å². The van der Waals surface area contributed by atoms with Crippen LogP contribution in [0.4, 0.5) is 0 Å². The minimum atomic E-state index is -0.107. The van der Waals surface area contributed by atoms with Crippen LogP contribution < -0.4 is 5.32 Å². The molecule has 3 aromatic rings. The standard InChI is InChI=1S/C20H24N4O/c1-12(2)15-6-8-16(9-7-15)14(4)23-20(25)17-10-13(3)22-19-18(17)11-21-24(19)5/h6-12,14H,1-5H3,(H,23,25)/t14-/m0/s1. The molecule has 0 saturated heterocycles. The zero-order valence-corrected chi connectivity index (χ0v) is 15.4. The van der Waals surface area contributed by atoms with Crippen molar-refractivity contribution >= 4 is 16.9 Å². The molecule has 0 aliphatic rings. The monoisotopic (exact) mass is 336 g/mol. The van der Waals surface area contributed by atoms with Gasteiger partial charge in [0.15, 0.2) is 5.65 Å². The third-order valence-electron chi connectivity index (χ3n) is 4.53. The number of fused-ring (bicyclic) bond motifs is 1. The van der Waals surface area contributed by atoms with Crippen molar-refractivity contribution in [1.29, 1.82) is 0 Å². The van der Waals surface area contributed by atoms with E-state index < -0.39 is 0 Å². The Bertz CT molecular complexity index is 909. The first-order chi connectivity index (χ1) is 11.9. The van der Waals surface area contributed by atoms with Crippen molar-refractivity contribution in [2.45, 2.75) is 39.7 Å². The van der Waals surface area contributed by atoms with Crippen LogP contribution in [0.3, 0.4) is 0 Å². The van der Waals surface area contributed by atoms with Crippen LogP contribution in [0.1, 0.15) is 59.9 Å². The Morgan fingerprint density at radius 3 is 2.40 bits per heavy atom. The molecule has 1 atom stereocenters. The maximum Gasteiger partial charge on any atom is 0.252 e. The zero-order chi connectivity index (χ0) is 18.1. The number of amides is 1. The number of aryl methyl sites for hydroxylation is 2. The molecule has 1 N–H and O–H groups in total. The van der Waals surface area contributed by atoms with Crippen LogP contribution in [0.25, 0.3) is 11.0 Å². The minimum absolute atomic E-state index is 0.0751. The molecule has 0 aliphatic heterocycles. The topological polar surface area (TPSA) is 59.8 Å². The molecule has 3 rings (SSSR count). The van der Waals surface area contributed by atoms with Crippen LogP contribution in [0.2, 0.25) is 0 Å². The van der Waals surface area contributed by atoms with E-state index in [1.54, 1.807) is 10.9 Å². The van der Waals surface area contributed by atoms with E-state index >= 15 is 0 Å². The summed E-state index contributed by atoms with van der Waals surface area (Å²) < 4.78 is 1.69. The molecule has 1 aromatic carbocycles. The Morgan fingerprint density at radius 2 is 1.76 bits per heavy atom. The Balaban J connectivity index is 1.84. The van der Waals surface area contributed by atoms with E-state index in [4.69, 9.17) is 0 Å². The molecular weight excluding hydrogens is 312 g/mol. The van der Waals surface area contributed by atoms with Gasteiger partial charge in [0.25, 0.3) is 5.91 Å². The second-order valence-corrected chi connectivity index (χ2v) is 6.83. The molecule has 0 unspecified atom stereocenters. The molecule has 2 heterocycles. The molecule has 0 saturated carbocycles. The first-order valence-electron chi connectivity index (χ1n) is 8.57. The predicted molar refractivity (Wildman–Crippen MR) is 99.7 cm³/mol. The van der Waals surface area contributed by atoms with Crippen molar-refractivity contribution in [3.63, 3.8) is 0 Å². The Labute approximate surface area is 148 Å². The van der Waals surface area contributed by atoms with E-state index in [2.05, 4.69) is 53.5 Å². The summed E-state index contributed by atoms with van der Waals surface area (Å²) in [4.78, 5) is 17.3. The Kier molecular flexibility index (Phi) is 4.57. The van der Waals surface area contributed by atoms with E-state index in [9.17, 15) is 4.79 Å². The van der Waals surface area contributed by atoms with Gasteiger partial charge in [-0.25, -0.2) is 4.98 Å². The number of hydrogen-bond donors (Lipinski definition) is 1. The lowest BCUT2D eigenvalue weighted by Gasteiger charge is -2.16. The molecule has 2 aromatic heterocycles. The van der Waals surface area contributed by atoms with Crippen LogP contribution in [0, 0.1) is 6.92 Å². The Morgan fingerprint density at radius 1 is 1.12 bits per heavy atom. The number of nitrogens with one attached hydrogen (secondary N) is 1. The molecule has 25 heavy (non-hydrogen) atoms. The first kappa shape index (κ1) is 17.1. The number of carbonyl (C=O) groups excluding carboxylic acids is 1. The first-order valence-corrected chi connectivity index (χ1v) is 8.57. The van der Waals surface area contributed by atoms with E-state index in [0.717, 1.165) is 22.3 Å². The molecular formula is C20H24N4O. The van der Waals surface area contributed by atoms with Gasteiger partial charge < -0.3 is 5.32 Å². The van der Waals surface area contributed by atoms with Gasteiger partial charge in [-0.3, -0.25) is 9.48 Å². The lowest BCUT2D eigenvalue weighted by atomic mass is 9.99. The SMILES string of the molecule is Cc1cc(C(=O)N[C@@H](C)c2ccc(C(C)C)cc2)c2cnn(C)c2n1. The van der Waals surface area contributed by atoms with Crippen molar-refractivity contribution in [1.82, 2.24) is 20.1 Å². The lowest BCUT2D eigenvalue weighted by Crippen LogP contribution is -2.27. The van der Waals surface area contributed by atoms with Crippen LogP contribution >= 0.6 is 0 Å². The van der Waals surface area contributed by atoms with Gasteiger partial charge in [0.1, 0.15) is 0 Å². The maximum atomic E-state index is 12.8. The van der Waals surface area contributed by atoms with Crippen LogP contribution in [-0.4, -0.2) is 20.7 Å². The van der Waals surface area contributed by atoms with E-state index in [-0.39, 0.29) is 11.9 Å². The normalized spacial score (nSPS) is 12.6. The second kappa shape index (κ2) is 6.67. The van der Waals surface area contributed by atoms with Gasteiger partial charge in [-0.05, 0) is 37.0 Å². The van der Waals surface area contributed by atoms with Crippen molar-refractivity contribution in [3.05, 3.63) is 58.9 Å². The Hall–Kier alpha value is -2.69. The summed E-state index contributed by atoms with van der Waals surface area (Å²) in [5.41, 5.74) is 4.52. The summed E-state index contributed by atoms with van der Waals surface area (Å²) in [5, 5.41) is 8.07. The highest BCUT2D eigenvalue weighted by Crippen LogP contribution is 2.21. The van der Waals surface area contributed by atoms with Gasteiger partial charge in [0.05, 0.1) is 23.2 Å². The smallest absolute Gasteiger partial charge is 0.252 e. The highest BCUT2D eigenvalue weighted by Gasteiger charge is 2.17. The zero-order valence-electron chi connectivity index (χ0n) is 15.4. The fraction of sp³-hybridized carbons (Fsp3) is 0.350. The number of benzene rings is 1. The van der Waals surface area contributed by atoms with Gasteiger partial charge >= 0.3 is 0 Å². The number of pyridine rings is 1. The molecule has 1 amide bonds. The van der Waals surface area contributed by atoms with Crippen molar-refractivity contribution < 1.29 is 4.79 Å². The summed E-state index contributed by atoms with van der Waals surface area (Å²) in [7, 11) is 1.83. The number of carbonyl (C=O) groups is 1. The van der Waals surface area contributed by atoms with E-state index in [0.29, 0.717) is 11.5 Å². The largest absolute Gasteiger partial charge is 0.345 e. The predicted octanol–water partition coefficient (Wildman–Crippen LogP) is 3.89. The number of aromatic nitrogens is 3. The average Bonchev–Trinajstić information content (AvgIpc) is 2.95. The lowest BCUT2D eigenvalue weighted by molar-refractivity contribution is 0.0941. The van der Waals surface area contributed by atoms with Gasteiger partial charge in [-0.2, -0.15) is 5.10 Å². The fourth-order valence-corrected chi connectivity index (χ4v) is 2.95. The summed E-state index contributed by atoms with van der Waals surface area (Å²) >= 11 is 0. The molecule has 0 bridgehead atoms. The second-order valence-electron chi connectivity index (χ2n) is 6.83. The number of hydrogen-bond acceptors (Lipinski definition) is 3. The van der Waals surface area contributed by atoms with Gasteiger partial charge in [-0.1, -0.05) is 38.1 Å². The molecule has 5 heteroatoms. The average molecular weight is 336 g/mol. The quantitative estimate of drug-likeness (QED) is 0.786. The molecule has 130 valence electrons. The number of rotatable bonds is 4. The maximum absolute atomic E-state index is 12.8. The molecule has 0 radical (unpaired) electrons. The third-order valence-corrected chi connectivity index (χ3v) is 4.53. The minimum Gasteiger partial charge on any atom is -0.345 e. The van der Waals surface area contributed by atoms with E-state index in [1.165, 1.54) is 5.56 Å². The van der Waals surface area contributed by atoms with Crippen LogP contribution in [-0.2, 0) is 7.05 Å². The van der Waals surface area contributed by atoms with Crippen molar-refractivity contribution in [2.24, 2.45) is 7.05 Å². The summed E-state index contributed by atoms with van der Waals surface area (Å²) in [5.74, 6) is 0.390. The van der Waals surface area contributed by atoms with Crippen molar-refractivity contribution in [2.75, 3.05) is 0 Å². The van der Waals surface area contributed by atoms with Gasteiger partial charge in [0.2, 0.25) is 0 Å². The molecule has 0 spiro atoms. The summed E-state index contributed by atoms with van der Waals surface area (Å²) in [6, 6.07) is 10.1. The fourth-order valence-electron chi connectivity index (χ4n) is 2.95. The van der Waals surface area contributed by atoms with Crippen LogP contribution in [0.15, 0.2) is 36.5 Å². The molecule has 0 fully saturated rings. The molecule has 5 nitrogen and oxygen atoms in total. The van der Waals surface area contributed by atoms with Gasteiger partial charge in [-0.15, -0.1) is 0 Å². The summed E-state index contributed by atoms with van der Waals surface area (Å²) in [6.07, 6.45) is 1.69. The molecule has 0 aliphatic carbocycles. The third kappa shape index (κ3) is 3.40. The van der Waals surface area contributed by atoms with Crippen LogP contribution in [0.5, 0.6) is 0 Å². The summed E-state index contributed by atoms with van der Waals surface area (Å²) in [6.45, 7) is 8.23. The number of nitrogens with zero attached hydrogens (tertiary/aromatic N) is 3. The van der Waals surface area contributed by atoms with E-state index in [1.807, 2.05) is 27.0 Å².